The second kappa shape index (κ2) is 7.40. The lowest BCUT2D eigenvalue weighted by Crippen LogP contribution is -2.11. The van der Waals surface area contributed by atoms with Crippen LogP contribution in [0.25, 0.3) is 11.3 Å². The Kier molecular flexibility index (Phi) is 5.05. The van der Waals surface area contributed by atoms with E-state index in [-0.39, 0.29) is 6.61 Å². The number of esters is 1. The van der Waals surface area contributed by atoms with Crippen LogP contribution in [0.15, 0.2) is 59.1 Å². The average molecular weight is 357 g/mol. The molecule has 0 aliphatic rings. The molecule has 0 radical (unpaired) electrons. The number of aromatic nitrogens is 1. The fourth-order valence-corrected chi connectivity index (χ4v) is 2.37. The third-order valence-corrected chi connectivity index (χ3v) is 3.86. The number of ether oxygens (including phenoxy) is 1. The van der Waals surface area contributed by atoms with E-state index in [0.717, 1.165) is 11.3 Å². The van der Waals surface area contributed by atoms with Gasteiger partial charge in [0.05, 0.1) is 11.8 Å². The Morgan fingerprint density at radius 3 is 2.68 bits per heavy atom. The third kappa shape index (κ3) is 4.19. The zero-order valence-corrected chi connectivity index (χ0v) is 14.7. The number of oxazole rings is 1. The number of hydrogen-bond donors (Lipinski definition) is 0. The summed E-state index contributed by atoms with van der Waals surface area (Å²) in [6, 6.07) is 14.4. The molecule has 5 nitrogen and oxygen atoms in total. The van der Waals surface area contributed by atoms with Crippen molar-refractivity contribution in [3.05, 3.63) is 71.2 Å². The van der Waals surface area contributed by atoms with Gasteiger partial charge in [0, 0.05) is 30.4 Å². The summed E-state index contributed by atoms with van der Waals surface area (Å²) in [6.07, 6.45) is 1.60. The number of benzene rings is 2. The normalized spacial score (nSPS) is 10.5. The Morgan fingerprint density at radius 2 is 1.96 bits per heavy atom. The summed E-state index contributed by atoms with van der Waals surface area (Å²) in [4.78, 5) is 18.2. The molecule has 0 unspecified atom stereocenters. The molecule has 6 heteroatoms. The molecule has 0 fully saturated rings. The molecule has 0 saturated carbocycles. The average Bonchev–Trinajstić information content (AvgIpc) is 3.09. The van der Waals surface area contributed by atoms with Crippen LogP contribution in [0.3, 0.4) is 0 Å². The first-order valence-corrected chi connectivity index (χ1v) is 8.06. The van der Waals surface area contributed by atoms with E-state index in [4.69, 9.17) is 20.8 Å². The number of rotatable bonds is 5. The lowest BCUT2D eigenvalue weighted by Gasteiger charge is -2.13. The van der Waals surface area contributed by atoms with Crippen LogP contribution in [0, 0.1) is 0 Å². The highest BCUT2D eigenvalue weighted by Gasteiger charge is 2.12. The molecule has 3 aromatic rings. The summed E-state index contributed by atoms with van der Waals surface area (Å²) in [5, 5.41) is 0.650. The largest absolute Gasteiger partial charge is 0.452 e. The maximum absolute atomic E-state index is 12.2. The standard InChI is InChI=1S/C19H17ClN2O3/c1-22(2)16-5-3-4-14(10-16)19(23)24-12-18-21-11-17(25-18)13-6-8-15(20)9-7-13/h3-11H,12H2,1-2H3. The van der Waals surface area contributed by atoms with Gasteiger partial charge < -0.3 is 14.1 Å². The van der Waals surface area contributed by atoms with Gasteiger partial charge in [-0.05, 0) is 42.5 Å². The van der Waals surface area contributed by atoms with Crippen LogP contribution in [0.5, 0.6) is 0 Å². The molecule has 1 aromatic heterocycles. The SMILES string of the molecule is CN(C)c1cccc(C(=O)OCc2ncc(-c3ccc(Cl)cc3)o2)c1. The summed E-state index contributed by atoms with van der Waals surface area (Å²) >= 11 is 5.87. The topological polar surface area (TPSA) is 55.6 Å². The highest BCUT2D eigenvalue weighted by atomic mass is 35.5. The van der Waals surface area contributed by atoms with E-state index in [1.807, 2.05) is 43.3 Å². The van der Waals surface area contributed by atoms with Crippen LogP contribution < -0.4 is 4.90 Å². The zero-order valence-electron chi connectivity index (χ0n) is 13.9. The molecular weight excluding hydrogens is 340 g/mol. The van der Waals surface area contributed by atoms with E-state index in [1.54, 1.807) is 30.5 Å². The first kappa shape index (κ1) is 17.0. The predicted molar refractivity (Wildman–Crippen MR) is 96.8 cm³/mol. The summed E-state index contributed by atoms with van der Waals surface area (Å²) in [5.74, 6) is 0.509. The van der Waals surface area contributed by atoms with Gasteiger partial charge in [-0.1, -0.05) is 17.7 Å². The minimum atomic E-state index is -0.421. The van der Waals surface area contributed by atoms with E-state index < -0.39 is 5.97 Å². The van der Waals surface area contributed by atoms with Crippen molar-refractivity contribution < 1.29 is 13.9 Å². The number of halogens is 1. The zero-order chi connectivity index (χ0) is 17.8. The van der Waals surface area contributed by atoms with Gasteiger partial charge in [-0.3, -0.25) is 0 Å². The quantitative estimate of drug-likeness (QED) is 0.633. The highest BCUT2D eigenvalue weighted by molar-refractivity contribution is 6.30. The second-order valence-corrected chi connectivity index (χ2v) is 6.08. The van der Waals surface area contributed by atoms with Crippen LogP contribution in [0.4, 0.5) is 5.69 Å². The lowest BCUT2D eigenvalue weighted by atomic mass is 10.2. The van der Waals surface area contributed by atoms with Gasteiger partial charge in [0.1, 0.15) is 0 Å². The van der Waals surface area contributed by atoms with Gasteiger partial charge in [0.25, 0.3) is 0 Å². The molecule has 1 heterocycles. The molecule has 0 amide bonds. The summed E-state index contributed by atoms with van der Waals surface area (Å²) in [6.45, 7) is -0.0292. The minimum Gasteiger partial charge on any atom is -0.452 e. The Hall–Kier alpha value is -2.79. The van der Waals surface area contributed by atoms with Crippen molar-refractivity contribution in [1.82, 2.24) is 4.98 Å². The van der Waals surface area contributed by atoms with Crippen LogP contribution >= 0.6 is 11.6 Å². The van der Waals surface area contributed by atoms with Gasteiger partial charge in [-0.2, -0.15) is 0 Å². The Labute approximate surface area is 150 Å². The van der Waals surface area contributed by atoms with Crippen LogP contribution in [0.2, 0.25) is 5.02 Å². The third-order valence-electron chi connectivity index (χ3n) is 3.61. The molecule has 25 heavy (non-hydrogen) atoms. The van der Waals surface area contributed by atoms with E-state index in [1.165, 1.54) is 0 Å². The maximum Gasteiger partial charge on any atom is 0.338 e. The monoisotopic (exact) mass is 356 g/mol. The molecule has 0 N–H and O–H groups in total. The van der Waals surface area contributed by atoms with Crippen molar-refractivity contribution in [3.8, 4) is 11.3 Å². The summed E-state index contributed by atoms with van der Waals surface area (Å²) in [5.41, 5.74) is 2.26. The smallest absolute Gasteiger partial charge is 0.338 e. The molecule has 2 aromatic carbocycles. The first-order chi connectivity index (χ1) is 12.0. The van der Waals surface area contributed by atoms with E-state index in [0.29, 0.717) is 22.2 Å². The number of anilines is 1. The Balaban J connectivity index is 1.65. The molecule has 0 saturated heterocycles. The number of carbonyl (C=O) groups excluding carboxylic acids is 1. The fraction of sp³-hybridized carbons (Fsp3) is 0.158. The van der Waals surface area contributed by atoms with Crippen molar-refractivity contribution in [2.45, 2.75) is 6.61 Å². The van der Waals surface area contributed by atoms with Crippen molar-refractivity contribution in [2.24, 2.45) is 0 Å². The summed E-state index contributed by atoms with van der Waals surface area (Å²) < 4.78 is 10.9. The molecule has 0 aliphatic heterocycles. The van der Waals surface area contributed by atoms with Crippen LogP contribution in [-0.4, -0.2) is 25.0 Å². The summed E-state index contributed by atoms with van der Waals surface area (Å²) in [7, 11) is 3.82. The van der Waals surface area contributed by atoms with E-state index in [9.17, 15) is 4.79 Å². The van der Waals surface area contributed by atoms with Crippen molar-refractivity contribution >= 4 is 23.3 Å². The van der Waals surface area contributed by atoms with Gasteiger partial charge in [0.15, 0.2) is 12.4 Å². The molecule has 0 bridgehead atoms. The Bertz CT molecular complexity index is 872. The van der Waals surface area contributed by atoms with Crippen molar-refractivity contribution in [3.63, 3.8) is 0 Å². The number of nitrogens with zero attached hydrogens (tertiary/aromatic N) is 2. The van der Waals surface area contributed by atoms with Crippen LogP contribution in [-0.2, 0) is 11.3 Å². The van der Waals surface area contributed by atoms with E-state index in [2.05, 4.69) is 4.98 Å². The highest BCUT2D eigenvalue weighted by Crippen LogP contribution is 2.23. The second-order valence-electron chi connectivity index (χ2n) is 5.65. The molecule has 0 aliphatic carbocycles. The van der Waals surface area contributed by atoms with Gasteiger partial charge in [-0.15, -0.1) is 0 Å². The molecule has 0 atom stereocenters. The molecule has 0 spiro atoms. The minimum absolute atomic E-state index is 0.0292. The van der Waals surface area contributed by atoms with Gasteiger partial charge in [0.2, 0.25) is 5.89 Å². The molecule has 128 valence electrons. The maximum atomic E-state index is 12.2. The van der Waals surface area contributed by atoms with Crippen molar-refractivity contribution in [1.29, 1.82) is 0 Å². The van der Waals surface area contributed by atoms with E-state index >= 15 is 0 Å². The van der Waals surface area contributed by atoms with Gasteiger partial charge in [-0.25, -0.2) is 9.78 Å². The molecule has 3 rings (SSSR count). The van der Waals surface area contributed by atoms with Crippen molar-refractivity contribution in [2.75, 3.05) is 19.0 Å². The predicted octanol–water partition coefficient (Wildman–Crippen LogP) is 4.42. The molecular formula is C19H17ClN2O3. The lowest BCUT2D eigenvalue weighted by molar-refractivity contribution is 0.0439. The first-order valence-electron chi connectivity index (χ1n) is 7.68. The van der Waals surface area contributed by atoms with Crippen LogP contribution in [0.1, 0.15) is 16.2 Å². The fourth-order valence-electron chi connectivity index (χ4n) is 2.25. The Morgan fingerprint density at radius 1 is 1.20 bits per heavy atom. The number of carbonyl (C=O) groups is 1. The van der Waals surface area contributed by atoms with Gasteiger partial charge >= 0.3 is 5.97 Å². The number of hydrogen-bond acceptors (Lipinski definition) is 5.